The van der Waals surface area contributed by atoms with Crippen molar-refractivity contribution in [3.8, 4) is 0 Å². The molecule has 0 bridgehead atoms. The van der Waals surface area contributed by atoms with Crippen molar-refractivity contribution < 1.29 is 14.1 Å². The molecule has 1 fully saturated rings. The number of benzene rings is 1. The fraction of sp³-hybridized carbons (Fsp3) is 0.684. The summed E-state index contributed by atoms with van der Waals surface area (Å²) in [6.07, 6.45) is 2.22. The van der Waals surface area contributed by atoms with E-state index in [1.54, 1.807) is 12.1 Å². The Balaban J connectivity index is 1.96. The van der Waals surface area contributed by atoms with E-state index >= 15 is 0 Å². The molecule has 0 amide bonds. The first-order valence-corrected chi connectivity index (χ1v) is 14.2. The van der Waals surface area contributed by atoms with Gasteiger partial charge in [0.2, 0.25) is 0 Å². The molecule has 26 heavy (non-hydrogen) atoms. The molecule has 1 aliphatic rings. The Labute approximate surface area is 164 Å². The Bertz CT molecular complexity index is 618. The van der Waals surface area contributed by atoms with Gasteiger partial charge in [0.25, 0.3) is 0 Å². The quantitative estimate of drug-likeness (QED) is 0.360. The monoisotopic (exact) mass is 445 g/mol. The molecule has 1 aromatic carbocycles. The van der Waals surface area contributed by atoms with Crippen LogP contribution in [0.5, 0.6) is 0 Å². The molecule has 2 atom stereocenters. The topological polar surface area (TPSA) is 61.6 Å². The minimum atomic E-state index is -1.80. The van der Waals surface area contributed by atoms with E-state index < -0.39 is 8.32 Å². The molecule has 1 heterocycles. The van der Waals surface area contributed by atoms with Gasteiger partial charge in [-0.15, -0.1) is 0 Å². The first-order chi connectivity index (χ1) is 12.1. The van der Waals surface area contributed by atoms with Crippen molar-refractivity contribution in [1.29, 1.82) is 0 Å². The van der Waals surface area contributed by atoms with Crippen LogP contribution in [-0.2, 0) is 9.16 Å². The number of nitro groups is 1. The summed E-state index contributed by atoms with van der Waals surface area (Å²) >= 11 is 0.0998. The summed E-state index contributed by atoms with van der Waals surface area (Å²) in [7, 11) is -1.80. The van der Waals surface area contributed by atoms with E-state index in [1.807, 2.05) is 12.1 Å². The molecule has 0 aromatic heterocycles. The van der Waals surface area contributed by atoms with Crippen LogP contribution in [0, 0.1) is 16.0 Å². The van der Waals surface area contributed by atoms with Gasteiger partial charge in [-0.2, -0.15) is 0 Å². The van der Waals surface area contributed by atoms with Gasteiger partial charge >= 0.3 is 164 Å². The second-order valence-corrected chi connectivity index (χ2v) is 15.5. The zero-order valence-electron chi connectivity index (χ0n) is 16.5. The third-order valence-corrected chi connectivity index (χ3v) is 12.3. The van der Waals surface area contributed by atoms with E-state index in [9.17, 15) is 10.1 Å². The van der Waals surface area contributed by atoms with Gasteiger partial charge in [-0.05, 0) is 0 Å². The molecule has 146 valence electrons. The van der Waals surface area contributed by atoms with Gasteiger partial charge in [-0.1, -0.05) is 0 Å². The Morgan fingerprint density at radius 3 is 2.69 bits per heavy atom. The van der Waals surface area contributed by atoms with E-state index in [-0.39, 0.29) is 36.7 Å². The maximum absolute atomic E-state index is 11.2. The number of hydrogen-bond acceptors (Lipinski definition) is 4. The third kappa shape index (κ3) is 5.63. The van der Waals surface area contributed by atoms with Crippen molar-refractivity contribution in [3.63, 3.8) is 0 Å². The average Bonchev–Trinajstić information content (AvgIpc) is 2.55. The summed E-state index contributed by atoms with van der Waals surface area (Å²) in [5.74, 6) is 0.391. The van der Waals surface area contributed by atoms with Crippen LogP contribution in [0.2, 0.25) is 23.5 Å². The predicted octanol–water partition coefficient (Wildman–Crippen LogP) is 4.16. The molecular weight excluding hydrogens is 413 g/mol. The van der Waals surface area contributed by atoms with Gasteiger partial charge in [0.05, 0.1) is 0 Å². The van der Waals surface area contributed by atoms with Crippen LogP contribution in [0.15, 0.2) is 24.3 Å². The third-order valence-electron chi connectivity index (χ3n) is 5.46. The van der Waals surface area contributed by atoms with Crippen LogP contribution in [0.4, 0.5) is 5.69 Å². The molecule has 2 rings (SSSR count). The first-order valence-electron chi connectivity index (χ1n) is 9.23. The number of nitro benzene ring substituents is 1. The normalized spacial score (nSPS) is 21.6. The van der Waals surface area contributed by atoms with Gasteiger partial charge in [0.1, 0.15) is 0 Å². The van der Waals surface area contributed by atoms with E-state index in [4.69, 9.17) is 9.16 Å². The number of ether oxygens (including phenoxy) is 1. The molecule has 1 aromatic rings. The predicted molar refractivity (Wildman–Crippen MR) is 109 cm³/mol. The number of hydrogen-bond donors (Lipinski definition) is 0. The summed E-state index contributed by atoms with van der Waals surface area (Å²) in [6, 6.07) is 7.11. The molecular formula is C19H31NO4SeSi. The SMILES string of the molecule is CC(C)(C)[Si](C)(C)OC1CCOCC1CC[Se]c1ccccc1[N+](=O)[O-]. The zero-order valence-corrected chi connectivity index (χ0v) is 19.2. The Hall–Kier alpha value is -0.724. The van der Waals surface area contributed by atoms with Crippen molar-refractivity contribution in [2.45, 2.75) is 63.2 Å². The van der Waals surface area contributed by atoms with Crippen LogP contribution in [0.25, 0.3) is 0 Å². The fourth-order valence-electron chi connectivity index (χ4n) is 2.81. The summed E-state index contributed by atoms with van der Waals surface area (Å²) < 4.78 is 13.3. The van der Waals surface area contributed by atoms with Crippen LogP contribution >= 0.6 is 0 Å². The maximum atomic E-state index is 11.2. The van der Waals surface area contributed by atoms with E-state index in [0.717, 1.165) is 35.8 Å². The van der Waals surface area contributed by atoms with Crippen molar-refractivity contribution >= 4 is 33.4 Å². The Kier molecular flexibility index (Phi) is 7.45. The standard InChI is InChI=1S/C19H31NO4SeSi/c1-19(2,3)26(4,5)24-17-10-12-23-14-15(17)11-13-25-18-9-7-6-8-16(18)20(21)22/h6-9,15,17H,10-14H2,1-5H3. The number of rotatable bonds is 7. The molecule has 0 radical (unpaired) electrons. The van der Waals surface area contributed by atoms with E-state index in [1.165, 1.54) is 0 Å². The molecule has 5 nitrogen and oxygen atoms in total. The summed E-state index contributed by atoms with van der Waals surface area (Å²) in [5.41, 5.74) is 0.251. The molecule has 1 saturated heterocycles. The molecule has 0 N–H and O–H groups in total. The van der Waals surface area contributed by atoms with Gasteiger partial charge in [-0.3, -0.25) is 0 Å². The van der Waals surface area contributed by atoms with Gasteiger partial charge in [-0.25, -0.2) is 0 Å². The summed E-state index contributed by atoms with van der Waals surface area (Å²) in [6.45, 7) is 12.9. The Morgan fingerprint density at radius 2 is 2.04 bits per heavy atom. The van der Waals surface area contributed by atoms with Crippen LogP contribution in [0.3, 0.4) is 0 Å². The van der Waals surface area contributed by atoms with Crippen molar-refractivity contribution in [3.05, 3.63) is 34.4 Å². The molecule has 2 unspecified atom stereocenters. The minimum absolute atomic E-state index is 0.0998. The molecule has 1 aliphatic heterocycles. The zero-order chi connectivity index (χ0) is 19.4. The summed E-state index contributed by atoms with van der Waals surface area (Å²) in [5, 5.41) is 12.3. The molecule has 0 saturated carbocycles. The van der Waals surface area contributed by atoms with Gasteiger partial charge < -0.3 is 0 Å². The number of nitrogens with zero attached hydrogens (tertiary/aromatic N) is 1. The first kappa shape index (κ1) is 21.6. The van der Waals surface area contributed by atoms with Gasteiger partial charge in [0.15, 0.2) is 0 Å². The fourth-order valence-corrected chi connectivity index (χ4v) is 6.55. The van der Waals surface area contributed by atoms with E-state index in [0.29, 0.717) is 5.92 Å². The second-order valence-electron chi connectivity index (χ2n) is 8.40. The van der Waals surface area contributed by atoms with Crippen molar-refractivity contribution in [2.24, 2.45) is 5.92 Å². The molecule has 7 heteroatoms. The van der Waals surface area contributed by atoms with Crippen LogP contribution in [-0.4, -0.2) is 47.5 Å². The van der Waals surface area contributed by atoms with Crippen LogP contribution in [0.1, 0.15) is 33.6 Å². The molecule has 0 spiro atoms. The number of para-hydroxylation sites is 1. The van der Waals surface area contributed by atoms with Crippen molar-refractivity contribution in [2.75, 3.05) is 13.2 Å². The van der Waals surface area contributed by atoms with E-state index in [2.05, 4.69) is 33.9 Å². The van der Waals surface area contributed by atoms with Gasteiger partial charge in [0, 0.05) is 0 Å². The Morgan fingerprint density at radius 1 is 1.35 bits per heavy atom. The van der Waals surface area contributed by atoms with Crippen LogP contribution < -0.4 is 4.46 Å². The summed E-state index contributed by atoms with van der Waals surface area (Å²) in [4.78, 5) is 10.9. The van der Waals surface area contributed by atoms with Crippen molar-refractivity contribution in [1.82, 2.24) is 0 Å². The average molecular weight is 445 g/mol. The molecule has 0 aliphatic carbocycles. The second kappa shape index (κ2) is 8.98.